The summed E-state index contributed by atoms with van der Waals surface area (Å²) in [6.07, 6.45) is 0.819. The fourth-order valence-electron chi connectivity index (χ4n) is 2.62. The molecule has 2 unspecified atom stereocenters. The Morgan fingerprint density at radius 1 is 1.37 bits per heavy atom. The van der Waals surface area contributed by atoms with Crippen molar-refractivity contribution in [3.05, 3.63) is 11.3 Å². The van der Waals surface area contributed by atoms with Crippen LogP contribution in [0.5, 0.6) is 0 Å². The van der Waals surface area contributed by atoms with Crippen LogP contribution in [0.1, 0.15) is 27.2 Å². The molecule has 0 amide bonds. The smallest absolute Gasteiger partial charge is 0.332 e. The van der Waals surface area contributed by atoms with Crippen molar-refractivity contribution in [1.29, 1.82) is 0 Å². The van der Waals surface area contributed by atoms with E-state index < -0.39 is 7.75 Å². The predicted octanol–water partition coefficient (Wildman–Crippen LogP) is 2.15. The minimum absolute atomic E-state index is 0.0473. The second-order valence-electron chi connectivity index (χ2n) is 4.99. The van der Waals surface area contributed by atoms with E-state index in [1.807, 2.05) is 6.92 Å². The highest BCUT2D eigenvalue weighted by Gasteiger charge is 2.36. The lowest BCUT2D eigenvalue weighted by Crippen LogP contribution is -2.35. The van der Waals surface area contributed by atoms with Gasteiger partial charge in [0.2, 0.25) is 0 Å². The number of rotatable bonds is 4. The molecule has 0 saturated carbocycles. The Hall–Kier alpha value is -0.680. The Bertz CT molecular complexity index is 467. The topological polar surface area (TPSA) is 63.2 Å². The third-order valence-corrected chi connectivity index (χ3v) is 5.49. The third kappa shape index (κ3) is 2.77. The molecule has 19 heavy (non-hydrogen) atoms. The van der Waals surface area contributed by atoms with Crippen molar-refractivity contribution in [3.8, 4) is 0 Å². The van der Waals surface area contributed by atoms with Crippen molar-refractivity contribution in [2.24, 2.45) is 4.99 Å². The summed E-state index contributed by atoms with van der Waals surface area (Å²) >= 11 is 0. The van der Waals surface area contributed by atoms with Gasteiger partial charge in [0.25, 0.3) is 0 Å². The molecule has 2 heterocycles. The van der Waals surface area contributed by atoms with Gasteiger partial charge in [0.15, 0.2) is 0 Å². The largest absolute Gasteiger partial charge is 0.405 e. The highest BCUT2D eigenvalue weighted by molar-refractivity contribution is 7.51. The van der Waals surface area contributed by atoms with Gasteiger partial charge < -0.3 is 13.9 Å². The lowest BCUT2D eigenvalue weighted by atomic mass is 10.0. The van der Waals surface area contributed by atoms with Gasteiger partial charge in [0, 0.05) is 38.9 Å². The molecular weight excluding hydrogens is 265 g/mol. The lowest BCUT2D eigenvalue weighted by Gasteiger charge is -2.28. The van der Waals surface area contributed by atoms with E-state index in [2.05, 4.69) is 28.8 Å². The molecule has 0 spiro atoms. The van der Waals surface area contributed by atoms with Crippen molar-refractivity contribution in [3.63, 3.8) is 0 Å². The standard InChI is InChI=1S/C12H22N3O3P/c1-8-9(2)13-10(3)15-7-11(6-12(8)15)14-19(16,17-4)18-5/h9,11H,6-7H2,1-5H3,(H,14,16). The van der Waals surface area contributed by atoms with Crippen LogP contribution in [0.15, 0.2) is 16.3 Å². The van der Waals surface area contributed by atoms with Gasteiger partial charge in [-0.1, -0.05) is 0 Å². The highest BCUT2D eigenvalue weighted by Crippen LogP contribution is 2.44. The zero-order valence-corrected chi connectivity index (χ0v) is 13.0. The molecule has 0 aromatic heterocycles. The third-order valence-electron chi connectivity index (χ3n) is 3.84. The van der Waals surface area contributed by atoms with E-state index in [1.165, 1.54) is 25.5 Å². The molecule has 7 heteroatoms. The van der Waals surface area contributed by atoms with Crippen molar-refractivity contribution >= 4 is 13.6 Å². The average Bonchev–Trinajstić information content (AvgIpc) is 2.80. The second-order valence-corrected chi connectivity index (χ2v) is 6.97. The lowest BCUT2D eigenvalue weighted by molar-refractivity contribution is 0.259. The van der Waals surface area contributed by atoms with Gasteiger partial charge in [-0.15, -0.1) is 0 Å². The molecule has 1 N–H and O–H groups in total. The summed E-state index contributed by atoms with van der Waals surface area (Å²) in [5, 5.41) is 2.98. The predicted molar refractivity (Wildman–Crippen MR) is 75.1 cm³/mol. The van der Waals surface area contributed by atoms with Gasteiger partial charge in [-0.25, -0.2) is 9.65 Å². The normalized spacial score (nSPS) is 27.6. The van der Waals surface area contributed by atoms with Crippen LogP contribution in [0.25, 0.3) is 0 Å². The molecule has 1 saturated heterocycles. The van der Waals surface area contributed by atoms with Gasteiger partial charge in [-0.3, -0.25) is 4.99 Å². The summed E-state index contributed by atoms with van der Waals surface area (Å²) in [5.41, 5.74) is 2.55. The van der Waals surface area contributed by atoms with Gasteiger partial charge in [0.05, 0.1) is 6.04 Å². The maximum Gasteiger partial charge on any atom is 0.405 e. The highest BCUT2D eigenvalue weighted by atomic mass is 31.2. The number of hydrogen-bond acceptors (Lipinski definition) is 5. The summed E-state index contributed by atoms with van der Waals surface area (Å²) < 4.78 is 22.0. The van der Waals surface area contributed by atoms with Gasteiger partial charge in [0.1, 0.15) is 5.84 Å². The van der Waals surface area contributed by atoms with Crippen molar-refractivity contribution in [2.75, 3.05) is 20.8 Å². The first-order valence-corrected chi connectivity index (χ1v) is 7.95. The number of nitrogens with zero attached hydrogens (tertiary/aromatic N) is 2. The zero-order chi connectivity index (χ0) is 14.2. The zero-order valence-electron chi connectivity index (χ0n) is 12.1. The van der Waals surface area contributed by atoms with Crippen molar-refractivity contribution in [2.45, 2.75) is 39.3 Å². The summed E-state index contributed by atoms with van der Waals surface area (Å²) in [7, 11) is -0.402. The summed E-state index contributed by atoms with van der Waals surface area (Å²) in [5.74, 6) is 1.02. The molecule has 0 aliphatic carbocycles. The SMILES string of the molecule is COP(=O)(NC1CC2=C(C)C(C)N=C(C)N2C1)OC. The van der Waals surface area contributed by atoms with Crippen LogP contribution in [-0.2, 0) is 13.6 Å². The van der Waals surface area contributed by atoms with Crippen LogP contribution < -0.4 is 5.09 Å². The summed E-state index contributed by atoms with van der Waals surface area (Å²) in [6.45, 7) is 6.96. The van der Waals surface area contributed by atoms with Crippen molar-refractivity contribution < 1.29 is 13.6 Å². The van der Waals surface area contributed by atoms with Gasteiger partial charge >= 0.3 is 7.75 Å². The fraction of sp³-hybridized carbons (Fsp3) is 0.750. The minimum Gasteiger partial charge on any atom is -0.332 e. The van der Waals surface area contributed by atoms with Gasteiger partial charge in [-0.05, 0) is 26.3 Å². The second kappa shape index (κ2) is 5.37. The van der Waals surface area contributed by atoms with Crippen LogP contribution in [0, 0.1) is 0 Å². The average molecular weight is 287 g/mol. The number of amidine groups is 1. The molecule has 0 aromatic carbocycles. The molecule has 2 aliphatic rings. The molecule has 2 rings (SSSR count). The Balaban J connectivity index is 2.15. The number of nitrogens with one attached hydrogen (secondary N) is 1. The maximum atomic E-state index is 12.1. The Labute approximate surface area is 114 Å². The van der Waals surface area contributed by atoms with Crippen molar-refractivity contribution in [1.82, 2.24) is 9.99 Å². The molecule has 0 aromatic rings. The number of aliphatic imine (C=N–C) groups is 1. The van der Waals surface area contributed by atoms with E-state index in [0.29, 0.717) is 0 Å². The molecule has 2 atom stereocenters. The molecule has 0 radical (unpaired) electrons. The van der Waals surface area contributed by atoms with E-state index in [4.69, 9.17) is 9.05 Å². The van der Waals surface area contributed by atoms with E-state index in [1.54, 1.807) is 0 Å². The number of hydrogen-bond donors (Lipinski definition) is 1. The van der Waals surface area contributed by atoms with Crippen LogP contribution in [-0.4, -0.2) is 43.6 Å². The van der Waals surface area contributed by atoms with Crippen LogP contribution >= 0.6 is 7.75 Å². The molecule has 0 bridgehead atoms. The van der Waals surface area contributed by atoms with Crippen LogP contribution in [0.3, 0.4) is 0 Å². The molecule has 2 aliphatic heterocycles. The first-order valence-electron chi connectivity index (χ1n) is 6.41. The molecule has 6 nitrogen and oxygen atoms in total. The van der Waals surface area contributed by atoms with Crippen LogP contribution in [0.2, 0.25) is 0 Å². The number of fused-ring (bicyclic) bond motifs is 1. The van der Waals surface area contributed by atoms with Gasteiger partial charge in [-0.2, -0.15) is 0 Å². The maximum absolute atomic E-state index is 12.1. The Morgan fingerprint density at radius 3 is 2.58 bits per heavy atom. The van der Waals surface area contributed by atoms with Crippen LogP contribution in [0.4, 0.5) is 0 Å². The van der Waals surface area contributed by atoms with E-state index in [-0.39, 0.29) is 12.1 Å². The van der Waals surface area contributed by atoms with E-state index in [9.17, 15) is 4.57 Å². The first kappa shape index (κ1) is 14.7. The Morgan fingerprint density at radius 2 is 2.00 bits per heavy atom. The van der Waals surface area contributed by atoms with E-state index in [0.717, 1.165) is 18.8 Å². The molecule has 108 valence electrons. The monoisotopic (exact) mass is 287 g/mol. The summed E-state index contributed by atoms with van der Waals surface area (Å²) in [4.78, 5) is 6.79. The molecule has 1 fully saturated rings. The minimum atomic E-state index is -3.18. The quantitative estimate of drug-likeness (QED) is 0.803. The first-order chi connectivity index (χ1) is 8.90. The summed E-state index contributed by atoms with van der Waals surface area (Å²) in [6, 6.07) is 0.271. The fourth-order valence-corrected chi connectivity index (χ4v) is 3.60. The molecular formula is C12H22N3O3P. The Kier molecular flexibility index (Phi) is 4.16. The van der Waals surface area contributed by atoms with E-state index >= 15 is 0 Å².